The van der Waals surface area contributed by atoms with Crippen LogP contribution < -0.4 is 0 Å². The van der Waals surface area contributed by atoms with Gasteiger partial charge in [-0.05, 0) is 41.5 Å². The molecule has 0 bridgehead atoms. The predicted octanol–water partition coefficient (Wildman–Crippen LogP) is 2.09. The molecule has 0 radical (unpaired) electrons. The van der Waals surface area contributed by atoms with Crippen molar-refractivity contribution in [2.24, 2.45) is 0 Å². The molecule has 0 amide bonds. The third kappa shape index (κ3) is 11.1. The summed E-state index contributed by atoms with van der Waals surface area (Å²) >= 11 is 0. The van der Waals surface area contributed by atoms with Gasteiger partial charge in [0.1, 0.15) is 11.2 Å². The van der Waals surface area contributed by atoms with E-state index in [-0.39, 0.29) is 0 Å². The Kier molecular flexibility index (Phi) is 6.00. The van der Waals surface area contributed by atoms with E-state index in [4.69, 9.17) is 9.78 Å². The van der Waals surface area contributed by atoms with Crippen LogP contribution in [0.2, 0.25) is 0 Å². The second-order valence-electron chi connectivity index (χ2n) is 5.53. The molecule has 0 atom stereocenters. The molecule has 0 aromatic heterocycles. The van der Waals surface area contributed by atoms with Gasteiger partial charge >= 0.3 is 11.9 Å². The Labute approximate surface area is 107 Å². The summed E-state index contributed by atoms with van der Waals surface area (Å²) in [6.45, 7) is 10.3. The van der Waals surface area contributed by atoms with Gasteiger partial charge in [-0.1, -0.05) is 0 Å². The second-order valence-corrected chi connectivity index (χ2v) is 5.53. The molecule has 0 aromatic rings. The van der Waals surface area contributed by atoms with Crippen LogP contribution in [0.4, 0.5) is 0 Å². The van der Waals surface area contributed by atoms with Crippen LogP contribution in [0.15, 0.2) is 12.2 Å². The Bertz CT molecular complexity index is 286. The van der Waals surface area contributed by atoms with Gasteiger partial charge in [-0.2, -0.15) is 9.78 Å². The highest BCUT2D eigenvalue weighted by Gasteiger charge is 2.15. The maximum absolute atomic E-state index is 11.1. The summed E-state index contributed by atoms with van der Waals surface area (Å²) in [6, 6.07) is 0. The van der Waals surface area contributed by atoms with Crippen LogP contribution in [-0.2, 0) is 29.1 Å². The van der Waals surface area contributed by atoms with Crippen LogP contribution in [0.3, 0.4) is 0 Å². The summed E-state index contributed by atoms with van der Waals surface area (Å²) in [7, 11) is 0. The fraction of sp³-hybridized carbons (Fsp3) is 0.667. The first-order chi connectivity index (χ1) is 7.99. The van der Waals surface area contributed by atoms with E-state index in [2.05, 4.69) is 9.78 Å². The molecule has 0 aromatic carbocycles. The molecule has 0 saturated heterocycles. The van der Waals surface area contributed by atoms with Gasteiger partial charge in [0.05, 0.1) is 0 Å². The Morgan fingerprint density at radius 1 is 0.722 bits per heavy atom. The Morgan fingerprint density at radius 2 is 1.00 bits per heavy atom. The summed E-state index contributed by atoms with van der Waals surface area (Å²) < 4.78 is 0. The van der Waals surface area contributed by atoms with Crippen LogP contribution in [-0.4, -0.2) is 23.1 Å². The number of carbonyl (C=O) groups is 2. The van der Waals surface area contributed by atoms with Gasteiger partial charge in [-0.15, -0.1) is 0 Å². The summed E-state index contributed by atoms with van der Waals surface area (Å²) in [5.74, 6) is -1.62. The number of rotatable bonds is 4. The van der Waals surface area contributed by atoms with Crippen molar-refractivity contribution in [1.82, 2.24) is 0 Å². The number of carbonyl (C=O) groups excluding carboxylic acids is 2. The Morgan fingerprint density at radius 3 is 1.22 bits per heavy atom. The van der Waals surface area contributed by atoms with Crippen molar-refractivity contribution in [3.8, 4) is 0 Å². The minimum Gasteiger partial charge on any atom is -0.293 e. The van der Waals surface area contributed by atoms with E-state index >= 15 is 0 Å². The van der Waals surface area contributed by atoms with Crippen LogP contribution in [0.5, 0.6) is 0 Å². The first-order valence-electron chi connectivity index (χ1n) is 5.47. The van der Waals surface area contributed by atoms with Crippen molar-refractivity contribution in [1.29, 1.82) is 0 Å². The molecule has 0 fully saturated rings. The quantitative estimate of drug-likeness (QED) is 0.438. The molecule has 6 heteroatoms. The Hall–Kier alpha value is -1.40. The van der Waals surface area contributed by atoms with E-state index in [1.807, 2.05) is 0 Å². The SMILES string of the molecule is CC(C)(C)OOC(=O)C=CC(=O)OOC(C)(C)C. The van der Waals surface area contributed by atoms with E-state index in [1.165, 1.54) is 0 Å². The zero-order valence-corrected chi connectivity index (χ0v) is 11.6. The summed E-state index contributed by atoms with van der Waals surface area (Å²) in [4.78, 5) is 40.6. The van der Waals surface area contributed by atoms with Crippen molar-refractivity contribution in [2.45, 2.75) is 52.7 Å². The van der Waals surface area contributed by atoms with E-state index in [0.29, 0.717) is 0 Å². The molecule has 6 nitrogen and oxygen atoms in total. The maximum Gasteiger partial charge on any atom is 0.366 e. The zero-order chi connectivity index (χ0) is 14.4. The van der Waals surface area contributed by atoms with Crippen molar-refractivity contribution in [3.63, 3.8) is 0 Å². The average molecular weight is 260 g/mol. The number of hydrogen-bond acceptors (Lipinski definition) is 6. The molecule has 0 rings (SSSR count). The lowest BCUT2D eigenvalue weighted by molar-refractivity contribution is -0.317. The normalized spacial score (nSPS) is 12.6. The fourth-order valence-corrected chi connectivity index (χ4v) is 0.524. The lowest BCUT2D eigenvalue weighted by Gasteiger charge is -2.16. The Balaban J connectivity index is 4.00. The fourth-order valence-electron chi connectivity index (χ4n) is 0.524. The van der Waals surface area contributed by atoms with Gasteiger partial charge in [-0.3, -0.25) is 9.78 Å². The molecular formula is C12H20O6. The zero-order valence-electron chi connectivity index (χ0n) is 11.6. The molecule has 18 heavy (non-hydrogen) atoms. The highest BCUT2D eigenvalue weighted by Crippen LogP contribution is 2.08. The highest BCUT2D eigenvalue weighted by atomic mass is 17.2. The smallest absolute Gasteiger partial charge is 0.293 e. The predicted molar refractivity (Wildman–Crippen MR) is 63.0 cm³/mol. The lowest BCUT2D eigenvalue weighted by atomic mass is 10.2. The van der Waals surface area contributed by atoms with Crippen molar-refractivity contribution < 1.29 is 29.1 Å². The largest absolute Gasteiger partial charge is 0.366 e. The molecule has 0 N–H and O–H groups in total. The van der Waals surface area contributed by atoms with Crippen LogP contribution in [0.25, 0.3) is 0 Å². The monoisotopic (exact) mass is 260 g/mol. The van der Waals surface area contributed by atoms with Crippen LogP contribution in [0.1, 0.15) is 41.5 Å². The second kappa shape index (κ2) is 6.51. The van der Waals surface area contributed by atoms with Crippen molar-refractivity contribution in [3.05, 3.63) is 12.2 Å². The topological polar surface area (TPSA) is 71.1 Å². The van der Waals surface area contributed by atoms with Gasteiger partial charge in [0.2, 0.25) is 0 Å². The lowest BCUT2D eigenvalue weighted by Crippen LogP contribution is -2.22. The molecule has 0 heterocycles. The standard InChI is InChI=1S/C12H20O6/c1-11(2,3)17-15-9(13)7-8-10(14)16-18-12(4,5)6/h7-8H,1-6H3. The summed E-state index contributed by atoms with van der Waals surface area (Å²) in [5, 5.41) is 0. The maximum atomic E-state index is 11.1. The van der Waals surface area contributed by atoms with Crippen molar-refractivity contribution >= 4 is 11.9 Å². The first-order valence-corrected chi connectivity index (χ1v) is 5.47. The minimum atomic E-state index is -0.808. The van der Waals surface area contributed by atoms with Gasteiger partial charge in [0.15, 0.2) is 0 Å². The van der Waals surface area contributed by atoms with E-state index in [9.17, 15) is 9.59 Å². The molecule has 0 spiro atoms. The third-order valence-corrected chi connectivity index (χ3v) is 1.10. The molecule has 104 valence electrons. The summed E-state index contributed by atoms with van der Waals surface area (Å²) in [6.07, 6.45) is 1.78. The highest BCUT2D eigenvalue weighted by molar-refractivity contribution is 5.91. The van der Waals surface area contributed by atoms with Crippen LogP contribution >= 0.6 is 0 Å². The van der Waals surface area contributed by atoms with E-state index in [1.54, 1.807) is 41.5 Å². The average Bonchev–Trinajstić information content (AvgIpc) is 2.18. The molecule has 0 saturated carbocycles. The third-order valence-electron chi connectivity index (χ3n) is 1.10. The van der Waals surface area contributed by atoms with E-state index < -0.39 is 23.1 Å². The van der Waals surface area contributed by atoms with E-state index in [0.717, 1.165) is 12.2 Å². The van der Waals surface area contributed by atoms with Gasteiger partial charge in [0, 0.05) is 12.2 Å². The van der Waals surface area contributed by atoms with Gasteiger partial charge < -0.3 is 0 Å². The molecular weight excluding hydrogens is 240 g/mol. The molecule has 0 aliphatic heterocycles. The van der Waals surface area contributed by atoms with Gasteiger partial charge in [-0.25, -0.2) is 9.59 Å². The summed E-state index contributed by atoms with van der Waals surface area (Å²) in [5.41, 5.74) is -1.22. The first kappa shape index (κ1) is 16.6. The number of hydrogen-bond donors (Lipinski definition) is 0. The molecule has 0 aliphatic carbocycles. The van der Waals surface area contributed by atoms with Crippen LogP contribution in [0, 0.1) is 0 Å². The minimum absolute atomic E-state index is 0.612. The van der Waals surface area contributed by atoms with Gasteiger partial charge in [0.25, 0.3) is 0 Å². The van der Waals surface area contributed by atoms with Crippen molar-refractivity contribution in [2.75, 3.05) is 0 Å². The molecule has 0 aliphatic rings. The molecule has 0 unspecified atom stereocenters.